The zero-order valence-electron chi connectivity index (χ0n) is 14.5. The summed E-state index contributed by atoms with van der Waals surface area (Å²) in [5.74, 6) is 0.0377. The maximum atomic E-state index is 13.1. The number of aliphatic hydroxyl groups is 1. The normalized spacial score (nSPS) is 21.2. The fourth-order valence-electron chi connectivity index (χ4n) is 4.07. The number of rotatable bonds is 6. The summed E-state index contributed by atoms with van der Waals surface area (Å²) >= 11 is 0. The average Bonchev–Trinajstić information content (AvgIpc) is 3.01. The third kappa shape index (κ3) is 3.48. The monoisotopic (exact) mass is 332 g/mol. The van der Waals surface area contributed by atoms with E-state index in [1.165, 1.54) is 17.5 Å². The predicted octanol–water partition coefficient (Wildman–Crippen LogP) is 1.13. The van der Waals surface area contributed by atoms with Crippen LogP contribution in [0.1, 0.15) is 30.4 Å². The summed E-state index contributed by atoms with van der Waals surface area (Å²) < 4.78 is 4.94. The number of fused-ring (bicyclic) bond motifs is 1. The summed E-state index contributed by atoms with van der Waals surface area (Å²) in [6.45, 7) is 2.42. The highest BCUT2D eigenvalue weighted by Gasteiger charge is 2.48. The molecule has 0 bridgehead atoms. The van der Waals surface area contributed by atoms with Crippen molar-refractivity contribution in [1.29, 1.82) is 0 Å². The van der Waals surface area contributed by atoms with Crippen LogP contribution in [-0.2, 0) is 22.4 Å². The number of amides is 1. The van der Waals surface area contributed by atoms with Crippen molar-refractivity contribution in [2.45, 2.75) is 43.7 Å². The van der Waals surface area contributed by atoms with Gasteiger partial charge in [0.25, 0.3) is 0 Å². The van der Waals surface area contributed by atoms with Crippen LogP contribution in [0, 0.1) is 0 Å². The van der Waals surface area contributed by atoms with Gasteiger partial charge in [-0.25, -0.2) is 0 Å². The van der Waals surface area contributed by atoms with Crippen LogP contribution in [0.2, 0.25) is 0 Å². The molecule has 0 unspecified atom stereocenters. The Morgan fingerprint density at radius 2 is 1.88 bits per heavy atom. The van der Waals surface area contributed by atoms with Crippen molar-refractivity contribution in [2.75, 3.05) is 33.4 Å². The first-order chi connectivity index (χ1) is 11.7. The number of aliphatic hydroxyl groups excluding tert-OH is 1. The molecule has 1 heterocycles. The Hall–Kier alpha value is -1.43. The van der Waals surface area contributed by atoms with Crippen LogP contribution in [0.25, 0.3) is 0 Å². The average molecular weight is 332 g/mol. The van der Waals surface area contributed by atoms with E-state index in [-0.39, 0.29) is 19.1 Å². The predicted molar refractivity (Wildman–Crippen MR) is 92.9 cm³/mol. The fourth-order valence-corrected chi connectivity index (χ4v) is 4.07. The smallest absolute Gasteiger partial charge is 0.241 e. The van der Waals surface area contributed by atoms with Crippen LogP contribution >= 0.6 is 0 Å². The molecule has 0 aromatic heterocycles. The molecule has 1 aliphatic carbocycles. The number of nitrogens with one attached hydrogen (secondary N) is 1. The standard InChI is InChI=1S/C19H28N2O3/c1-24-14-17(22)13-20-18(23)19(21-9-5-2-6-10-21)11-15-7-3-4-8-16(15)12-19/h3-4,7-8,17,22H,2,5-6,9-14H2,1H3,(H,20,23)/t17-/m0/s1. The largest absolute Gasteiger partial charge is 0.389 e. The third-order valence-corrected chi connectivity index (χ3v) is 5.33. The highest BCUT2D eigenvalue weighted by Crippen LogP contribution is 2.36. The number of methoxy groups -OCH3 is 1. The minimum absolute atomic E-state index is 0.0377. The van der Waals surface area contributed by atoms with Crippen molar-refractivity contribution in [3.05, 3.63) is 35.4 Å². The number of carbonyl (C=O) groups excluding carboxylic acids is 1. The number of ether oxygens (including phenoxy) is 1. The first-order valence-electron chi connectivity index (χ1n) is 8.93. The molecule has 3 rings (SSSR count). The molecule has 0 radical (unpaired) electrons. The van der Waals surface area contributed by atoms with Crippen molar-refractivity contribution in [2.24, 2.45) is 0 Å². The number of likely N-dealkylation sites (tertiary alicyclic amines) is 1. The molecule has 1 fully saturated rings. The van der Waals surface area contributed by atoms with Crippen molar-refractivity contribution < 1.29 is 14.6 Å². The lowest BCUT2D eigenvalue weighted by molar-refractivity contribution is -0.134. The van der Waals surface area contributed by atoms with E-state index in [9.17, 15) is 9.90 Å². The van der Waals surface area contributed by atoms with Gasteiger partial charge < -0.3 is 15.2 Å². The molecule has 2 aliphatic rings. The molecule has 1 aromatic rings. The van der Waals surface area contributed by atoms with E-state index in [0.29, 0.717) is 0 Å². The molecule has 1 aliphatic heterocycles. The molecule has 2 N–H and O–H groups in total. The molecule has 5 heteroatoms. The molecular formula is C19H28N2O3. The summed E-state index contributed by atoms with van der Waals surface area (Å²) in [5, 5.41) is 12.8. The van der Waals surface area contributed by atoms with E-state index in [4.69, 9.17) is 4.74 Å². The Bertz CT molecular complexity index is 544. The van der Waals surface area contributed by atoms with Gasteiger partial charge in [-0.3, -0.25) is 9.69 Å². The fraction of sp³-hybridized carbons (Fsp3) is 0.632. The van der Waals surface area contributed by atoms with Crippen molar-refractivity contribution >= 4 is 5.91 Å². The van der Waals surface area contributed by atoms with Gasteiger partial charge in [0.15, 0.2) is 0 Å². The topological polar surface area (TPSA) is 61.8 Å². The highest BCUT2D eigenvalue weighted by molar-refractivity contribution is 5.88. The lowest BCUT2D eigenvalue weighted by Gasteiger charge is -2.42. The van der Waals surface area contributed by atoms with Crippen LogP contribution in [0.4, 0.5) is 0 Å². The number of piperidine rings is 1. The van der Waals surface area contributed by atoms with Crippen molar-refractivity contribution in [3.8, 4) is 0 Å². The van der Waals surface area contributed by atoms with Gasteiger partial charge in [-0.15, -0.1) is 0 Å². The van der Waals surface area contributed by atoms with Crippen LogP contribution in [0.5, 0.6) is 0 Å². The van der Waals surface area contributed by atoms with E-state index in [1.807, 2.05) is 12.1 Å². The van der Waals surface area contributed by atoms with E-state index in [1.54, 1.807) is 7.11 Å². The second kappa shape index (κ2) is 7.64. The highest BCUT2D eigenvalue weighted by atomic mass is 16.5. The van der Waals surface area contributed by atoms with Gasteiger partial charge in [0.05, 0.1) is 12.7 Å². The first kappa shape index (κ1) is 17.4. The number of nitrogens with zero attached hydrogens (tertiary/aromatic N) is 1. The van der Waals surface area contributed by atoms with Crippen molar-refractivity contribution in [1.82, 2.24) is 10.2 Å². The minimum atomic E-state index is -0.666. The second-order valence-electron chi connectivity index (χ2n) is 7.02. The summed E-state index contributed by atoms with van der Waals surface area (Å²) in [6.07, 6.45) is 4.40. The Balaban J connectivity index is 1.77. The summed E-state index contributed by atoms with van der Waals surface area (Å²) in [6, 6.07) is 8.36. The van der Waals surface area contributed by atoms with Crippen molar-refractivity contribution in [3.63, 3.8) is 0 Å². The molecule has 0 spiro atoms. The molecule has 1 amide bonds. The number of benzene rings is 1. The third-order valence-electron chi connectivity index (χ3n) is 5.33. The SMILES string of the molecule is COC[C@@H](O)CNC(=O)C1(N2CCCCC2)Cc2ccccc2C1. The molecule has 132 valence electrons. The molecule has 1 saturated heterocycles. The van der Waals surface area contributed by atoms with E-state index >= 15 is 0 Å². The molecule has 0 saturated carbocycles. The van der Waals surface area contributed by atoms with Gasteiger partial charge in [0.1, 0.15) is 5.54 Å². The lowest BCUT2D eigenvalue weighted by atomic mass is 9.89. The van der Waals surface area contributed by atoms with Gasteiger partial charge >= 0.3 is 0 Å². The summed E-state index contributed by atoms with van der Waals surface area (Å²) in [5.41, 5.74) is 2.04. The van der Waals surface area contributed by atoms with E-state index < -0.39 is 11.6 Å². The van der Waals surface area contributed by atoms with Crippen LogP contribution < -0.4 is 5.32 Å². The van der Waals surface area contributed by atoms with E-state index in [2.05, 4.69) is 22.3 Å². The molecule has 1 atom stereocenters. The van der Waals surface area contributed by atoms with Gasteiger partial charge in [-0.1, -0.05) is 30.7 Å². The second-order valence-corrected chi connectivity index (χ2v) is 7.02. The summed E-state index contributed by atoms with van der Waals surface area (Å²) in [7, 11) is 1.55. The van der Waals surface area contributed by atoms with Crippen LogP contribution in [-0.4, -0.2) is 60.9 Å². The zero-order valence-corrected chi connectivity index (χ0v) is 14.5. The Labute approximate surface area is 144 Å². The summed E-state index contributed by atoms with van der Waals surface area (Å²) in [4.78, 5) is 15.5. The van der Waals surface area contributed by atoms with Gasteiger partial charge in [0.2, 0.25) is 5.91 Å². The minimum Gasteiger partial charge on any atom is -0.389 e. The maximum absolute atomic E-state index is 13.1. The quantitative estimate of drug-likeness (QED) is 0.820. The Morgan fingerprint density at radius 3 is 2.46 bits per heavy atom. The van der Waals surface area contributed by atoms with Gasteiger partial charge in [0, 0.05) is 26.5 Å². The first-order valence-corrected chi connectivity index (χ1v) is 8.93. The maximum Gasteiger partial charge on any atom is 0.241 e. The van der Waals surface area contributed by atoms with Gasteiger partial charge in [-0.2, -0.15) is 0 Å². The molecule has 1 aromatic carbocycles. The van der Waals surface area contributed by atoms with Crippen LogP contribution in [0.3, 0.4) is 0 Å². The lowest BCUT2D eigenvalue weighted by Crippen LogP contribution is -2.61. The van der Waals surface area contributed by atoms with Gasteiger partial charge in [-0.05, 0) is 37.1 Å². The number of hydrogen-bond donors (Lipinski definition) is 2. The molecule has 5 nitrogen and oxygen atoms in total. The molecule has 24 heavy (non-hydrogen) atoms. The number of carbonyl (C=O) groups is 1. The molecular weight excluding hydrogens is 304 g/mol. The number of hydrogen-bond acceptors (Lipinski definition) is 4. The zero-order chi connectivity index (χ0) is 17.0. The van der Waals surface area contributed by atoms with Crippen LogP contribution in [0.15, 0.2) is 24.3 Å². The Morgan fingerprint density at radius 1 is 1.25 bits per heavy atom. The Kier molecular flexibility index (Phi) is 5.54. The van der Waals surface area contributed by atoms with E-state index in [0.717, 1.165) is 38.8 Å².